The molecule has 2 aliphatic carbocycles. The van der Waals surface area contributed by atoms with E-state index in [4.69, 9.17) is 0 Å². The standard InChI is InChI=1S/C18H31NO/c1-13(2)7-6-8-15-11-16(15)12-19(18(3,4)5)17(20)14-9-10-14/h7,14-16H,6,8-12H2,1-5H3. The maximum absolute atomic E-state index is 12.4. The largest absolute Gasteiger partial charge is 0.337 e. The van der Waals surface area contributed by atoms with Gasteiger partial charge in [0, 0.05) is 18.0 Å². The lowest BCUT2D eigenvalue weighted by molar-refractivity contribution is -0.137. The third-order valence-electron chi connectivity index (χ3n) is 4.58. The second-order valence-corrected chi connectivity index (χ2v) is 8.01. The lowest BCUT2D eigenvalue weighted by atomic mass is 10.0. The van der Waals surface area contributed by atoms with E-state index in [1.54, 1.807) is 0 Å². The smallest absolute Gasteiger partial charge is 0.226 e. The normalized spacial score (nSPS) is 25.2. The van der Waals surface area contributed by atoms with Crippen LogP contribution in [0.15, 0.2) is 11.6 Å². The summed E-state index contributed by atoms with van der Waals surface area (Å²) in [6.45, 7) is 11.8. The Kier molecular flexibility index (Phi) is 4.61. The number of carbonyl (C=O) groups is 1. The predicted octanol–water partition coefficient (Wildman–Crippen LogP) is 4.41. The Morgan fingerprint density at radius 3 is 2.35 bits per heavy atom. The van der Waals surface area contributed by atoms with E-state index in [0.717, 1.165) is 31.2 Å². The molecule has 2 atom stereocenters. The van der Waals surface area contributed by atoms with Crippen molar-refractivity contribution in [1.29, 1.82) is 0 Å². The van der Waals surface area contributed by atoms with E-state index in [9.17, 15) is 4.79 Å². The first kappa shape index (κ1) is 15.6. The minimum Gasteiger partial charge on any atom is -0.337 e. The Hall–Kier alpha value is -0.790. The highest BCUT2D eigenvalue weighted by Gasteiger charge is 2.43. The van der Waals surface area contributed by atoms with E-state index in [2.05, 4.69) is 45.6 Å². The van der Waals surface area contributed by atoms with Crippen LogP contribution in [0, 0.1) is 17.8 Å². The van der Waals surface area contributed by atoms with Gasteiger partial charge in [0.15, 0.2) is 0 Å². The van der Waals surface area contributed by atoms with Crippen LogP contribution >= 0.6 is 0 Å². The summed E-state index contributed by atoms with van der Waals surface area (Å²) >= 11 is 0. The SMILES string of the molecule is CC(C)=CCCC1CC1CN(C(=O)C1CC1)C(C)(C)C. The van der Waals surface area contributed by atoms with Crippen LogP contribution in [-0.4, -0.2) is 22.9 Å². The fourth-order valence-corrected chi connectivity index (χ4v) is 2.95. The van der Waals surface area contributed by atoms with Gasteiger partial charge in [0.05, 0.1) is 0 Å². The summed E-state index contributed by atoms with van der Waals surface area (Å²) in [6.07, 6.45) is 8.38. The zero-order valence-electron chi connectivity index (χ0n) is 13.9. The van der Waals surface area contributed by atoms with Gasteiger partial charge in [-0.2, -0.15) is 0 Å². The highest BCUT2D eigenvalue weighted by molar-refractivity contribution is 5.81. The number of nitrogens with zero attached hydrogens (tertiary/aromatic N) is 1. The average Bonchev–Trinajstić information content (AvgIpc) is 3.19. The first-order valence-electron chi connectivity index (χ1n) is 8.24. The molecule has 114 valence electrons. The van der Waals surface area contributed by atoms with Gasteiger partial charge >= 0.3 is 0 Å². The monoisotopic (exact) mass is 277 g/mol. The van der Waals surface area contributed by atoms with Crippen molar-refractivity contribution in [2.45, 2.75) is 72.3 Å². The number of allylic oxidation sites excluding steroid dienone is 2. The third-order valence-corrected chi connectivity index (χ3v) is 4.58. The van der Waals surface area contributed by atoms with Gasteiger partial charge in [-0.1, -0.05) is 11.6 Å². The first-order valence-corrected chi connectivity index (χ1v) is 8.24. The average molecular weight is 277 g/mol. The Morgan fingerprint density at radius 2 is 1.85 bits per heavy atom. The van der Waals surface area contributed by atoms with E-state index in [1.165, 1.54) is 24.8 Å². The van der Waals surface area contributed by atoms with Crippen molar-refractivity contribution in [2.75, 3.05) is 6.54 Å². The van der Waals surface area contributed by atoms with Crippen LogP contribution in [-0.2, 0) is 4.79 Å². The van der Waals surface area contributed by atoms with Crippen LogP contribution in [0.1, 0.15) is 66.7 Å². The molecular formula is C18H31NO. The number of hydrogen-bond acceptors (Lipinski definition) is 1. The summed E-state index contributed by atoms with van der Waals surface area (Å²) in [7, 11) is 0. The molecule has 0 aromatic heterocycles. The topological polar surface area (TPSA) is 20.3 Å². The van der Waals surface area contributed by atoms with Gasteiger partial charge in [-0.05, 0) is 78.6 Å². The molecule has 2 heteroatoms. The van der Waals surface area contributed by atoms with Crippen molar-refractivity contribution >= 4 is 5.91 Å². The Labute approximate surface area is 124 Å². The van der Waals surface area contributed by atoms with Gasteiger partial charge in [0.1, 0.15) is 0 Å². The van der Waals surface area contributed by atoms with Gasteiger partial charge in [-0.25, -0.2) is 0 Å². The van der Waals surface area contributed by atoms with Crippen molar-refractivity contribution in [3.05, 3.63) is 11.6 Å². The van der Waals surface area contributed by atoms with Crippen LogP contribution in [0.4, 0.5) is 0 Å². The molecule has 0 saturated heterocycles. The van der Waals surface area contributed by atoms with E-state index in [0.29, 0.717) is 11.8 Å². The molecule has 0 heterocycles. The van der Waals surface area contributed by atoms with Gasteiger partial charge in [0.25, 0.3) is 0 Å². The highest BCUT2D eigenvalue weighted by Crippen LogP contribution is 2.44. The molecule has 0 N–H and O–H groups in total. The molecule has 2 saturated carbocycles. The van der Waals surface area contributed by atoms with Crippen molar-refractivity contribution in [1.82, 2.24) is 4.90 Å². The Balaban J connectivity index is 1.81. The number of carbonyl (C=O) groups excluding carboxylic acids is 1. The quantitative estimate of drug-likeness (QED) is 0.659. The molecule has 0 aromatic carbocycles. The molecule has 0 spiro atoms. The van der Waals surface area contributed by atoms with Crippen molar-refractivity contribution in [3.8, 4) is 0 Å². The summed E-state index contributed by atoms with van der Waals surface area (Å²) in [6, 6.07) is 0. The molecular weight excluding hydrogens is 246 g/mol. The fourth-order valence-electron chi connectivity index (χ4n) is 2.95. The molecule has 2 rings (SSSR count). The van der Waals surface area contributed by atoms with Gasteiger partial charge in [-0.15, -0.1) is 0 Å². The van der Waals surface area contributed by atoms with Crippen LogP contribution in [0.3, 0.4) is 0 Å². The molecule has 1 amide bonds. The van der Waals surface area contributed by atoms with Crippen LogP contribution in [0.5, 0.6) is 0 Å². The van der Waals surface area contributed by atoms with Gasteiger partial charge in [0.2, 0.25) is 5.91 Å². The molecule has 0 aliphatic heterocycles. The minimum atomic E-state index is -0.0211. The van der Waals surface area contributed by atoms with Crippen molar-refractivity contribution < 1.29 is 4.79 Å². The molecule has 2 unspecified atom stereocenters. The number of rotatable bonds is 6. The maximum Gasteiger partial charge on any atom is 0.226 e. The summed E-state index contributed by atoms with van der Waals surface area (Å²) in [4.78, 5) is 14.6. The molecule has 0 bridgehead atoms. The lowest BCUT2D eigenvalue weighted by Crippen LogP contribution is -2.47. The molecule has 20 heavy (non-hydrogen) atoms. The van der Waals surface area contributed by atoms with E-state index < -0.39 is 0 Å². The van der Waals surface area contributed by atoms with Crippen LogP contribution < -0.4 is 0 Å². The third kappa shape index (κ3) is 4.36. The highest BCUT2D eigenvalue weighted by atomic mass is 16.2. The van der Waals surface area contributed by atoms with Crippen LogP contribution in [0.25, 0.3) is 0 Å². The lowest BCUT2D eigenvalue weighted by Gasteiger charge is -2.36. The molecule has 2 fully saturated rings. The predicted molar refractivity (Wildman–Crippen MR) is 84.5 cm³/mol. The maximum atomic E-state index is 12.4. The Bertz CT molecular complexity index is 383. The van der Waals surface area contributed by atoms with E-state index in [1.807, 2.05) is 0 Å². The first-order chi connectivity index (χ1) is 9.29. The zero-order valence-corrected chi connectivity index (χ0v) is 13.9. The number of hydrogen-bond donors (Lipinski definition) is 0. The van der Waals surface area contributed by atoms with Gasteiger partial charge in [-0.3, -0.25) is 4.79 Å². The summed E-state index contributed by atoms with van der Waals surface area (Å²) in [5, 5.41) is 0. The molecule has 0 radical (unpaired) electrons. The summed E-state index contributed by atoms with van der Waals surface area (Å²) in [5.41, 5.74) is 1.40. The second-order valence-electron chi connectivity index (χ2n) is 8.01. The van der Waals surface area contributed by atoms with E-state index in [-0.39, 0.29) is 5.54 Å². The second kappa shape index (κ2) is 5.91. The van der Waals surface area contributed by atoms with Crippen LogP contribution in [0.2, 0.25) is 0 Å². The van der Waals surface area contributed by atoms with Crippen molar-refractivity contribution in [3.63, 3.8) is 0 Å². The molecule has 0 aromatic rings. The summed E-state index contributed by atoms with van der Waals surface area (Å²) in [5.74, 6) is 2.36. The minimum absolute atomic E-state index is 0.0211. The molecule has 2 nitrogen and oxygen atoms in total. The number of amides is 1. The van der Waals surface area contributed by atoms with E-state index >= 15 is 0 Å². The summed E-state index contributed by atoms with van der Waals surface area (Å²) < 4.78 is 0. The molecule has 2 aliphatic rings. The van der Waals surface area contributed by atoms with Gasteiger partial charge < -0.3 is 4.90 Å². The fraction of sp³-hybridized carbons (Fsp3) is 0.833. The zero-order chi connectivity index (χ0) is 14.9. The Morgan fingerprint density at radius 1 is 1.20 bits per heavy atom. The van der Waals surface area contributed by atoms with Crippen molar-refractivity contribution in [2.24, 2.45) is 17.8 Å².